The number of hydrogen-bond acceptors (Lipinski definition) is 3. The summed E-state index contributed by atoms with van der Waals surface area (Å²) in [6.45, 7) is 6.58. The lowest BCUT2D eigenvalue weighted by molar-refractivity contribution is 0.778. The highest BCUT2D eigenvalue weighted by molar-refractivity contribution is 9.10. The molecular formula is C13H19BrN2S. The van der Waals surface area contributed by atoms with Gasteiger partial charge in [0, 0.05) is 40.3 Å². The first-order valence-electron chi connectivity index (χ1n) is 5.99. The van der Waals surface area contributed by atoms with Gasteiger partial charge in [-0.25, -0.2) is 0 Å². The quantitative estimate of drug-likeness (QED) is 0.907. The van der Waals surface area contributed by atoms with E-state index in [0.717, 1.165) is 22.8 Å². The van der Waals surface area contributed by atoms with Crippen LogP contribution < -0.4 is 10.6 Å². The molecule has 1 unspecified atom stereocenters. The van der Waals surface area contributed by atoms with Crippen LogP contribution in [0.5, 0.6) is 0 Å². The molecule has 0 spiro atoms. The Bertz CT molecular complexity index is 395. The van der Waals surface area contributed by atoms with Gasteiger partial charge in [0.2, 0.25) is 0 Å². The van der Waals surface area contributed by atoms with Crippen LogP contribution in [0.15, 0.2) is 22.7 Å². The van der Waals surface area contributed by atoms with E-state index in [0.29, 0.717) is 0 Å². The molecule has 0 aromatic heterocycles. The van der Waals surface area contributed by atoms with Crippen LogP contribution in [0.1, 0.15) is 25.5 Å². The SMILES string of the molecule is CC1CN(c2ccc([C@@H](C)N)c(Br)c2)CCS1. The Kier molecular flexibility index (Phi) is 4.39. The molecular weight excluding hydrogens is 296 g/mol. The molecule has 1 fully saturated rings. The Morgan fingerprint density at radius 1 is 1.53 bits per heavy atom. The Balaban J connectivity index is 2.19. The first kappa shape index (κ1) is 13.2. The smallest absolute Gasteiger partial charge is 0.0378 e. The predicted octanol–water partition coefficient (Wildman–Crippen LogP) is 3.41. The van der Waals surface area contributed by atoms with Crippen molar-refractivity contribution in [2.75, 3.05) is 23.7 Å². The van der Waals surface area contributed by atoms with Gasteiger partial charge in [-0.05, 0) is 24.6 Å². The van der Waals surface area contributed by atoms with Crippen molar-refractivity contribution in [1.82, 2.24) is 0 Å². The highest BCUT2D eigenvalue weighted by atomic mass is 79.9. The minimum absolute atomic E-state index is 0.0780. The topological polar surface area (TPSA) is 29.3 Å². The average molecular weight is 315 g/mol. The third-order valence-corrected chi connectivity index (χ3v) is 4.90. The van der Waals surface area contributed by atoms with Crippen molar-refractivity contribution in [2.45, 2.75) is 25.1 Å². The number of benzene rings is 1. The molecule has 1 saturated heterocycles. The van der Waals surface area contributed by atoms with Crippen LogP contribution in [0.3, 0.4) is 0 Å². The second-order valence-corrected chi connectivity index (χ2v) is 7.02. The molecule has 0 aliphatic carbocycles. The third-order valence-electron chi connectivity index (χ3n) is 3.08. The molecule has 4 heteroatoms. The van der Waals surface area contributed by atoms with Gasteiger partial charge in [0.25, 0.3) is 0 Å². The zero-order valence-electron chi connectivity index (χ0n) is 10.3. The summed E-state index contributed by atoms with van der Waals surface area (Å²) in [5.41, 5.74) is 8.39. The fourth-order valence-corrected chi connectivity index (χ4v) is 3.88. The van der Waals surface area contributed by atoms with Crippen molar-refractivity contribution in [3.8, 4) is 0 Å². The molecule has 2 rings (SSSR count). The molecule has 1 aliphatic heterocycles. The summed E-state index contributed by atoms with van der Waals surface area (Å²) in [6.07, 6.45) is 0. The molecule has 1 aromatic rings. The number of anilines is 1. The first-order valence-corrected chi connectivity index (χ1v) is 7.83. The molecule has 0 bridgehead atoms. The summed E-state index contributed by atoms with van der Waals surface area (Å²) in [6, 6.07) is 6.60. The molecule has 2 N–H and O–H groups in total. The van der Waals surface area contributed by atoms with Crippen molar-refractivity contribution in [1.29, 1.82) is 0 Å². The van der Waals surface area contributed by atoms with Crippen molar-refractivity contribution >= 4 is 33.4 Å². The van der Waals surface area contributed by atoms with E-state index < -0.39 is 0 Å². The standard InChI is InChI=1S/C13H19BrN2S/c1-9-8-16(5-6-17-9)11-3-4-12(10(2)15)13(14)7-11/h3-4,7,9-10H,5-6,8,15H2,1-2H3/t9?,10-/m1/s1. The highest BCUT2D eigenvalue weighted by Crippen LogP contribution is 2.29. The van der Waals surface area contributed by atoms with Crippen molar-refractivity contribution in [2.24, 2.45) is 5.73 Å². The molecule has 0 saturated carbocycles. The monoisotopic (exact) mass is 314 g/mol. The van der Waals surface area contributed by atoms with Gasteiger partial charge >= 0.3 is 0 Å². The van der Waals surface area contributed by atoms with E-state index in [1.165, 1.54) is 17.0 Å². The van der Waals surface area contributed by atoms with Crippen LogP contribution in [0.4, 0.5) is 5.69 Å². The van der Waals surface area contributed by atoms with Crippen LogP contribution in [-0.2, 0) is 0 Å². The normalized spacial score (nSPS) is 22.6. The molecule has 0 radical (unpaired) electrons. The van der Waals surface area contributed by atoms with Crippen molar-refractivity contribution in [3.63, 3.8) is 0 Å². The van der Waals surface area contributed by atoms with E-state index in [9.17, 15) is 0 Å². The molecule has 0 amide bonds. The number of halogens is 1. The maximum atomic E-state index is 5.92. The molecule has 17 heavy (non-hydrogen) atoms. The van der Waals surface area contributed by atoms with Gasteiger partial charge in [0.05, 0.1) is 0 Å². The van der Waals surface area contributed by atoms with Crippen molar-refractivity contribution < 1.29 is 0 Å². The van der Waals surface area contributed by atoms with Crippen LogP contribution in [0.2, 0.25) is 0 Å². The van der Waals surface area contributed by atoms with Gasteiger partial charge in [0.15, 0.2) is 0 Å². The summed E-state index contributed by atoms with van der Waals surface area (Å²) in [5.74, 6) is 1.22. The molecule has 1 aliphatic rings. The number of thioether (sulfide) groups is 1. The fraction of sp³-hybridized carbons (Fsp3) is 0.538. The number of rotatable bonds is 2. The zero-order valence-corrected chi connectivity index (χ0v) is 12.7. The lowest BCUT2D eigenvalue weighted by Gasteiger charge is -2.32. The van der Waals surface area contributed by atoms with Crippen molar-refractivity contribution in [3.05, 3.63) is 28.2 Å². The van der Waals surface area contributed by atoms with Gasteiger partial charge in [-0.3, -0.25) is 0 Å². The average Bonchev–Trinajstić information content (AvgIpc) is 2.28. The molecule has 1 heterocycles. The van der Waals surface area contributed by atoms with Crippen LogP contribution in [0, 0.1) is 0 Å². The lowest BCUT2D eigenvalue weighted by Crippen LogP contribution is -2.36. The van der Waals surface area contributed by atoms with E-state index in [1.54, 1.807) is 0 Å². The second kappa shape index (κ2) is 5.63. The van der Waals surface area contributed by atoms with Crippen LogP contribution >= 0.6 is 27.7 Å². The summed E-state index contributed by atoms with van der Waals surface area (Å²) in [4.78, 5) is 2.46. The predicted molar refractivity (Wildman–Crippen MR) is 80.9 cm³/mol. The van der Waals surface area contributed by atoms with Crippen LogP contribution in [-0.4, -0.2) is 24.1 Å². The second-order valence-electron chi connectivity index (χ2n) is 4.62. The van der Waals surface area contributed by atoms with E-state index in [1.807, 2.05) is 6.92 Å². The number of nitrogens with zero attached hydrogens (tertiary/aromatic N) is 1. The minimum Gasteiger partial charge on any atom is -0.370 e. The maximum Gasteiger partial charge on any atom is 0.0378 e. The van der Waals surface area contributed by atoms with E-state index in [-0.39, 0.29) is 6.04 Å². The van der Waals surface area contributed by atoms with Gasteiger partial charge in [0.1, 0.15) is 0 Å². The molecule has 2 atom stereocenters. The van der Waals surface area contributed by atoms with E-state index >= 15 is 0 Å². The van der Waals surface area contributed by atoms with E-state index in [4.69, 9.17) is 5.73 Å². The van der Waals surface area contributed by atoms with Gasteiger partial charge in [-0.1, -0.05) is 28.9 Å². The van der Waals surface area contributed by atoms with Gasteiger partial charge in [-0.2, -0.15) is 11.8 Å². The minimum atomic E-state index is 0.0780. The number of nitrogens with two attached hydrogens (primary N) is 1. The van der Waals surface area contributed by atoms with Gasteiger partial charge < -0.3 is 10.6 Å². The molecule has 94 valence electrons. The van der Waals surface area contributed by atoms with Crippen LogP contribution in [0.25, 0.3) is 0 Å². The zero-order chi connectivity index (χ0) is 12.4. The summed E-state index contributed by atoms with van der Waals surface area (Å²) >= 11 is 5.67. The Labute approximate surface area is 116 Å². The summed E-state index contributed by atoms with van der Waals surface area (Å²) < 4.78 is 1.12. The highest BCUT2D eigenvalue weighted by Gasteiger charge is 2.17. The largest absolute Gasteiger partial charge is 0.370 e. The first-order chi connectivity index (χ1) is 8.08. The Hall–Kier alpha value is -0.190. The molecule has 1 aromatic carbocycles. The molecule has 2 nitrogen and oxygen atoms in total. The van der Waals surface area contributed by atoms with E-state index in [2.05, 4.69) is 57.7 Å². The fourth-order valence-electron chi connectivity index (χ4n) is 2.13. The maximum absolute atomic E-state index is 5.92. The Morgan fingerprint density at radius 3 is 2.88 bits per heavy atom. The summed E-state index contributed by atoms with van der Waals surface area (Å²) in [5, 5.41) is 0.718. The van der Waals surface area contributed by atoms with Gasteiger partial charge in [-0.15, -0.1) is 0 Å². The number of hydrogen-bond donors (Lipinski definition) is 1. The third kappa shape index (κ3) is 3.18. The Morgan fingerprint density at radius 2 is 2.29 bits per heavy atom. The summed E-state index contributed by atoms with van der Waals surface area (Å²) in [7, 11) is 0. The lowest BCUT2D eigenvalue weighted by atomic mass is 10.1.